The Hall–Kier alpha value is -3.15. The molecule has 0 radical (unpaired) electrons. The molecule has 0 atom stereocenters. The average Bonchev–Trinajstić information content (AvgIpc) is 3.02. The highest BCUT2D eigenvalue weighted by Gasteiger charge is 2.05. The SMILES string of the molecule is Cc1cc(F)ccc1OCC(=O)NN=Cc1ccc2cc[nH]c2c1. The van der Waals surface area contributed by atoms with Crippen LogP contribution in [0.25, 0.3) is 10.9 Å². The van der Waals surface area contributed by atoms with Crippen molar-refractivity contribution < 1.29 is 13.9 Å². The van der Waals surface area contributed by atoms with Gasteiger partial charge in [-0.2, -0.15) is 5.10 Å². The van der Waals surface area contributed by atoms with Gasteiger partial charge in [0.2, 0.25) is 0 Å². The number of amides is 1. The number of H-pyrrole nitrogens is 1. The summed E-state index contributed by atoms with van der Waals surface area (Å²) < 4.78 is 18.3. The van der Waals surface area contributed by atoms with E-state index in [1.54, 1.807) is 13.1 Å². The normalized spacial score (nSPS) is 11.1. The van der Waals surface area contributed by atoms with Crippen LogP contribution in [0.4, 0.5) is 4.39 Å². The van der Waals surface area contributed by atoms with E-state index in [9.17, 15) is 9.18 Å². The number of rotatable bonds is 5. The average molecular weight is 325 g/mol. The molecule has 0 saturated heterocycles. The number of benzene rings is 2. The molecule has 2 aromatic carbocycles. The molecule has 5 nitrogen and oxygen atoms in total. The molecule has 0 spiro atoms. The fourth-order valence-electron chi connectivity index (χ4n) is 2.27. The molecule has 1 heterocycles. The standard InChI is InChI=1S/C18H16FN3O2/c1-12-8-15(19)4-5-17(12)24-11-18(23)22-21-10-13-2-3-14-6-7-20-16(14)9-13/h2-10,20H,11H2,1H3,(H,22,23). The number of carbonyl (C=O) groups is 1. The zero-order chi connectivity index (χ0) is 16.9. The number of fused-ring (bicyclic) bond motifs is 1. The third-order valence-electron chi connectivity index (χ3n) is 3.48. The highest BCUT2D eigenvalue weighted by molar-refractivity contribution is 5.89. The van der Waals surface area contributed by atoms with Crippen LogP contribution < -0.4 is 10.2 Å². The van der Waals surface area contributed by atoms with Crippen molar-refractivity contribution in [2.45, 2.75) is 6.92 Å². The van der Waals surface area contributed by atoms with Crippen LogP contribution in [0.5, 0.6) is 5.75 Å². The van der Waals surface area contributed by atoms with Crippen LogP contribution in [0, 0.1) is 12.7 Å². The van der Waals surface area contributed by atoms with E-state index in [1.807, 2.05) is 30.5 Å². The van der Waals surface area contributed by atoms with Crippen LogP contribution >= 0.6 is 0 Å². The number of carbonyl (C=O) groups excluding carboxylic acids is 1. The number of hydrogen-bond acceptors (Lipinski definition) is 3. The molecule has 6 heteroatoms. The van der Waals surface area contributed by atoms with E-state index < -0.39 is 5.91 Å². The lowest BCUT2D eigenvalue weighted by Gasteiger charge is -2.07. The number of nitrogens with zero attached hydrogens (tertiary/aromatic N) is 1. The maximum absolute atomic E-state index is 13.0. The lowest BCUT2D eigenvalue weighted by atomic mass is 10.2. The molecule has 0 aliphatic heterocycles. The van der Waals surface area contributed by atoms with Crippen LogP contribution in [0.2, 0.25) is 0 Å². The molecule has 0 aliphatic rings. The number of ether oxygens (including phenoxy) is 1. The van der Waals surface area contributed by atoms with E-state index in [-0.39, 0.29) is 12.4 Å². The van der Waals surface area contributed by atoms with Gasteiger partial charge in [-0.15, -0.1) is 0 Å². The Morgan fingerprint density at radius 1 is 1.29 bits per heavy atom. The fourth-order valence-corrected chi connectivity index (χ4v) is 2.27. The zero-order valence-electron chi connectivity index (χ0n) is 13.0. The highest BCUT2D eigenvalue weighted by atomic mass is 19.1. The van der Waals surface area contributed by atoms with Gasteiger partial charge in [0.15, 0.2) is 6.61 Å². The zero-order valence-corrected chi connectivity index (χ0v) is 13.0. The molecule has 0 unspecified atom stereocenters. The van der Waals surface area contributed by atoms with Gasteiger partial charge in [-0.1, -0.05) is 12.1 Å². The first-order valence-corrected chi connectivity index (χ1v) is 7.40. The van der Waals surface area contributed by atoms with Crippen LogP contribution in [0.15, 0.2) is 53.8 Å². The molecule has 3 aromatic rings. The summed E-state index contributed by atoms with van der Waals surface area (Å²) in [5, 5.41) is 5.01. The molecule has 0 saturated carbocycles. The van der Waals surface area contributed by atoms with Crippen molar-refractivity contribution in [1.29, 1.82) is 0 Å². The van der Waals surface area contributed by atoms with Gasteiger partial charge in [-0.05, 0) is 53.8 Å². The van der Waals surface area contributed by atoms with Gasteiger partial charge in [0, 0.05) is 11.7 Å². The molecular weight excluding hydrogens is 309 g/mol. The van der Waals surface area contributed by atoms with Crippen molar-refractivity contribution >= 4 is 23.0 Å². The number of aromatic amines is 1. The summed E-state index contributed by atoms with van der Waals surface area (Å²) in [6.45, 7) is 1.52. The third-order valence-corrected chi connectivity index (χ3v) is 3.48. The highest BCUT2D eigenvalue weighted by Crippen LogP contribution is 2.18. The van der Waals surface area contributed by atoms with Gasteiger partial charge >= 0.3 is 0 Å². The van der Waals surface area contributed by atoms with Crippen LogP contribution in [-0.2, 0) is 4.79 Å². The van der Waals surface area contributed by atoms with E-state index in [2.05, 4.69) is 15.5 Å². The molecule has 3 rings (SSSR count). The first kappa shape index (κ1) is 15.7. The second kappa shape index (κ2) is 6.95. The van der Waals surface area contributed by atoms with Crippen molar-refractivity contribution in [1.82, 2.24) is 10.4 Å². The Kier molecular flexibility index (Phi) is 4.56. The second-order valence-corrected chi connectivity index (χ2v) is 5.32. The predicted octanol–water partition coefficient (Wildman–Crippen LogP) is 3.14. The second-order valence-electron chi connectivity index (χ2n) is 5.32. The minimum atomic E-state index is -0.393. The van der Waals surface area contributed by atoms with Gasteiger partial charge in [0.05, 0.1) is 6.21 Å². The van der Waals surface area contributed by atoms with Crippen LogP contribution in [0.1, 0.15) is 11.1 Å². The largest absolute Gasteiger partial charge is 0.483 e. The predicted molar refractivity (Wildman–Crippen MR) is 90.7 cm³/mol. The first-order chi connectivity index (χ1) is 11.6. The Labute approximate surface area is 138 Å². The summed E-state index contributed by atoms with van der Waals surface area (Å²) in [5.41, 5.74) is 4.89. The Bertz CT molecular complexity index is 902. The molecule has 0 aliphatic carbocycles. The fraction of sp³-hybridized carbons (Fsp3) is 0.111. The topological polar surface area (TPSA) is 66.5 Å². The molecule has 1 amide bonds. The van der Waals surface area contributed by atoms with Gasteiger partial charge in [-0.3, -0.25) is 4.79 Å². The summed E-state index contributed by atoms with van der Waals surface area (Å²) in [5.74, 6) is -0.267. The van der Waals surface area contributed by atoms with Crippen LogP contribution in [-0.4, -0.2) is 23.7 Å². The van der Waals surface area contributed by atoms with Gasteiger partial charge in [0.1, 0.15) is 11.6 Å². The molecule has 24 heavy (non-hydrogen) atoms. The summed E-state index contributed by atoms with van der Waals surface area (Å²) in [6, 6.07) is 11.9. The number of hydrazone groups is 1. The van der Waals surface area contributed by atoms with Gasteiger partial charge in [0.25, 0.3) is 5.91 Å². The van der Waals surface area contributed by atoms with E-state index >= 15 is 0 Å². The molecule has 0 bridgehead atoms. The van der Waals surface area contributed by atoms with Crippen molar-refractivity contribution in [2.75, 3.05) is 6.61 Å². The van der Waals surface area contributed by atoms with Gasteiger partial charge < -0.3 is 9.72 Å². The van der Waals surface area contributed by atoms with E-state index in [4.69, 9.17) is 4.74 Å². The first-order valence-electron chi connectivity index (χ1n) is 7.40. The molecule has 2 N–H and O–H groups in total. The number of nitrogens with one attached hydrogen (secondary N) is 2. The van der Waals surface area contributed by atoms with E-state index in [0.29, 0.717) is 11.3 Å². The monoisotopic (exact) mass is 325 g/mol. The molecule has 0 fully saturated rings. The van der Waals surface area contributed by atoms with Crippen molar-refractivity contribution in [3.8, 4) is 5.75 Å². The molecule has 1 aromatic heterocycles. The maximum atomic E-state index is 13.0. The number of hydrogen-bond donors (Lipinski definition) is 2. The lowest BCUT2D eigenvalue weighted by molar-refractivity contribution is -0.123. The Morgan fingerprint density at radius 3 is 3.00 bits per heavy atom. The maximum Gasteiger partial charge on any atom is 0.277 e. The van der Waals surface area contributed by atoms with Crippen molar-refractivity contribution in [3.63, 3.8) is 0 Å². The molecule has 122 valence electrons. The number of aromatic nitrogens is 1. The number of aryl methyl sites for hydroxylation is 1. The van der Waals surface area contributed by atoms with E-state index in [1.165, 1.54) is 18.2 Å². The summed E-state index contributed by atoms with van der Waals surface area (Å²) in [7, 11) is 0. The minimum Gasteiger partial charge on any atom is -0.483 e. The third kappa shape index (κ3) is 3.78. The van der Waals surface area contributed by atoms with Crippen molar-refractivity contribution in [3.05, 3.63) is 65.6 Å². The van der Waals surface area contributed by atoms with Crippen molar-refractivity contribution in [2.24, 2.45) is 5.10 Å². The summed E-state index contributed by atoms with van der Waals surface area (Å²) in [6.07, 6.45) is 3.42. The van der Waals surface area contributed by atoms with Gasteiger partial charge in [-0.25, -0.2) is 9.82 Å². The quantitative estimate of drug-likeness (QED) is 0.559. The summed E-state index contributed by atoms with van der Waals surface area (Å²) >= 11 is 0. The molecular formula is C18H16FN3O2. The smallest absolute Gasteiger partial charge is 0.277 e. The van der Waals surface area contributed by atoms with E-state index in [0.717, 1.165) is 16.5 Å². The number of halogens is 1. The van der Waals surface area contributed by atoms with Crippen LogP contribution in [0.3, 0.4) is 0 Å². The Balaban J connectivity index is 1.53. The lowest BCUT2D eigenvalue weighted by Crippen LogP contribution is -2.24. The minimum absolute atomic E-state index is 0.195. The Morgan fingerprint density at radius 2 is 2.17 bits per heavy atom. The summed E-state index contributed by atoms with van der Waals surface area (Å²) in [4.78, 5) is 14.8.